The first-order valence-corrected chi connectivity index (χ1v) is 13.2. The molecule has 5 rings (SSSR count). The standard InChI is InChI=1S/C25H20F3NO4S2/c26-25(27,28)33-21-12-7-13-35(21)18-15-34-20-14-19(30)29(20)22(18)24(31)32-23(16-8-3-1-4-9-16)17-10-5-2-6-11-17/h1-13,20,23,35H,14-15H2. The lowest BCUT2D eigenvalue weighted by atomic mass is 10.0. The van der Waals surface area contributed by atoms with E-state index in [1.165, 1.54) is 28.8 Å². The van der Waals surface area contributed by atoms with Crippen LogP contribution in [-0.2, 0) is 19.1 Å². The minimum Gasteiger partial charge on any atom is -0.448 e. The highest BCUT2D eigenvalue weighted by Crippen LogP contribution is 2.56. The Morgan fingerprint density at radius 3 is 2.26 bits per heavy atom. The molecule has 2 aromatic rings. The third-order valence-electron chi connectivity index (χ3n) is 5.68. The van der Waals surface area contributed by atoms with Crippen molar-refractivity contribution in [3.63, 3.8) is 0 Å². The molecule has 3 heterocycles. The van der Waals surface area contributed by atoms with Crippen molar-refractivity contribution in [3.05, 3.63) is 105 Å². The number of nitrogens with zero attached hydrogens (tertiary/aromatic N) is 1. The number of amides is 1. The Bertz CT molecular complexity index is 1190. The second-order valence-electron chi connectivity index (χ2n) is 7.90. The number of hydrogen-bond donors (Lipinski definition) is 1. The van der Waals surface area contributed by atoms with Gasteiger partial charge >= 0.3 is 12.3 Å². The van der Waals surface area contributed by atoms with Gasteiger partial charge in [-0.1, -0.05) is 66.7 Å². The molecule has 1 amide bonds. The van der Waals surface area contributed by atoms with Crippen LogP contribution >= 0.6 is 22.7 Å². The molecule has 2 atom stereocenters. The number of alkyl halides is 3. The van der Waals surface area contributed by atoms with Gasteiger partial charge in [-0.2, -0.15) is 0 Å². The lowest BCUT2D eigenvalue weighted by molar-refractivity contribution is -0.300. The van der Waals surface area contributed by atoms with Crippen LogP contribution in [0.5, 0.6) is 0 Å². The first-order valence-electron chi connectivity index (χ1n) is 10.7. The maximum atomic E-state index is 13.7. The van der Waals surface area contributed by atoms with Crippen LogP contribution in [-0.4, -0.2) is 34.3 Å². The number of hydrogen-bond acceptors (Lipinski definition) is 5. The van der Waals surface area contributed by atoms with Gasteiger partial charge in [0.05, 0.1) is 11.8 Å². The summed E-state index contributed by atoms with van der Waals surface area (Å²) in [5.41, 5.74) is 1.49. The van der Waals surface area contributed by atoms with Crippen molar-refractivity contribution in [2.24, 2.45) is 0 Å². The van der Waals surface area contributed by atoms with Crippen molar-refractivity contribution in [1.82, 2.24) is 4.90 Å². The normalized spacial score (nSPS) is 22.6. The van der Waals surface area contributed by atoms with Crippen molar-refractivity contribution in [2.75, 3.05) is 5.75 Å². The monoisotopic (exact) mass is 519 g/mol. The molecule has 10 heteroatoms. The molecule has 0 aliphatic carbocycles. The van der Waals surface area contributed by atoms with Gasteiger partial charge in [0.15, 0.2) is 11.2 Å². The molecule has 0 bridgehead atoms. The molecule has 0 N–H and O–H groups in total. The number of ether oxygens (including phenoxy) is 2. The second kappa shape index (κ2) is 9.50. The molecule has 1 saturated heterocycles. The Hall–Kier alpha value is -3.11. The SMILES string of the molecule is O=C(OC(c1ccccc1)c1ccccc1)C1=C([SH]2C=CC=C2OC(F)(F)F)CSC2CC(=O)N12. The highest BCUT2D eigenvalue weighted by Gasteiger charge is 2.48. The molecule has 3 aliphatic heterocycles. The molecule has 0 saturated carbocycles. The summed E-state index contributed by atoms with van der Waals surface area (Å²) in [5.74, 6) is -0.706. The van der Waals surface area contributed by atoms with E-state index in [-0.39, 0.29) is 28.5 Å². The maximum absolute atomic E-state index is 13.7. The first-order chi connectivity index (χ1) is 16.8. The van der Waals surface area contributed by atoms with Crippen molar-refractivity contribution < 1.29 is 32.2 Å². The fourth-order valence-corrected chi connectivity index (χ4v) is 7.73. The van der Waals surface area contributed by atoms with Gasteiger partial charge in [0.25, 0.3) is 0 Å². The third-order valence-corrected chi connectivity index (χ3v) is 9.25. The molecular weight excluding hydrogens is 499 g/mol. The molecule has 1 fully saturated rings. The molecule has 5 nitrogen and oxygen atoms in total. The zero-order valence-corrected chi connectivity index (χ0v) is 19.9. The Kier molecular flexibility index (Phi) is 6.41. The van der Waals surface area contributed by atoms with E-state index >= 15 is 0 Å². The molecule has 0 radical (unpaired) electrons. The maximum Gasteiger partial charge on any atom is 0.573 e. The predicted molar refractivity (Wildman–Crippen MR) is 129 cm³/mol. The van der Waals surface area contributed by atoms with Gasteiger partial charge in [0.2, 0.25) is 5.91 Å². The van der Waals surface area contributed by atoms with E-state index in [2.05, 4.69) is 4.74 Å². The number of thioether (sulfide) groups is 1. The van der Waals surface area contributed by atoms with Gasteiger partial charge in [0.1, 0.15) is 5.70 Å². The number of allylic oxidation sites excluding steroid dienone is 2. The summed E-state index contributed by atoms with van der Waals surface area (Å²) in [7, 11) is -1.72. The van der Waals surface area contributed by atoms with Crippen LogP contribution in [0.2, 0.25) is 0 Å². The first kappa shape index (κ1) is 23.6. The van der Waals surface area contributed by atoms with E-state index in [4.69, 9.17) is 4.74 Å². The summed E-state index contributed by atoms with van der Waals surface area (Å²) in [4.78, 5) is 28.0. The molecule has 2 aromatic carbocycles. The van der Waals surface area contributed by atoms with Crippen LogP contribution in [0.25, 0.3) is 0 Å². The smallest absolute Gasteiger partial charge is 0.448 e. The number of β-lactam (4-membered cyclic amide) rings is 1. The fraction of sp³-hybridized carbons (Fsp3) is 0.200. The zero-order valence-electron chi connectivity index (χ0n) is 18.1. The molecule has 35 heavy (non-hydrogen) atoms. The largest absolute Gasteiger partial charge is 0.573 e. The summed E-state index contributed by atoms with van der Waals surface area (Å²) in [6, 6.07) is 18.3. The van der Waals surface area contributed by atoms with Gasteiger partial charge in [0, 0.05) is 10.7 Å². The lowest BCUT2D eigenvalue weighted by Crippen LogP contribution is -2.54. The Morgan fingerprint density at radius 1 is 1.06 bits per heavy atom. The van der Waals surface area contributed by atoms with Crippen LogP contribution in [0.15, 0.2) is 93.9 Å². The summed E-state index contributed by atoms with van der Waals surface area (Å²) in [5, 5.41) is 1.08. The topological polar surface area (TPSA) is 55.8 Å². The fourth-order valence-electron chi connectivity index (χ4n) is 4.11. The zero-order chi connectivity index (χ0) is 24.6. The quantitative estimate of drug-likeness (QED) is 0.300. The van der Waals surface area contributed by atoms with Gasteiger partial charge in [-0.05, 0) is 22.6 Å². The molecule has 3 aliphatic rings. The van der Waals surface area contributed by atoms with Crippen LogP contribution in [0.4, 0.5) is 13.2 Å². The van der Waals surface area contributed by atoms with E-state index in [0.717, 1.165) is 11.1 Å². The molecule has 0 spiro atoms. The van der Waals surface area contributed by atoms with E-state index in [9.17, 15) is 22.8 Å². The van der Waals surface area contributed by atoms with Gasteiger partial charge in [-0.15, -0.1) is 35.8 Å². The Labute approximate surface area is 206 Å². The van der Waals surface area contributed by atoms with Crippen LogP contribution in [0, 0.1) is 0 Å². The van der Waals surface area contributed by atoms with Gasteiger partial charge in [-0.25, -0.2) is 4.79 Å². The average Bonchev–Trinajstić information content (AvgIpc) is 3.28. The number of rotatable bonds is 6. The van der Waals surface area contributed by atoms with Crippen molar-refractivity contribution in [3.8, 4) is 0 Å². The predicted octanol–water partition coefficient (Wildman–Crippen LogP) is 5.74. The molecular formula is C25H20F3NO4S2. The van der Waals surface area contributed by atoms with E-state index < -0.39 is 29.3 Å². The number of fused-ring (bicyclic) bond motifs is 1. The average molecular weight is 520 g/mol. The van der Waals surface area contributed by atoms with Gasteiger partial charge in [-0.3, -0.25) is 9.69 Å². The van der Waals surface area contributed by atoms with Crippen molar-refractivity contribution >= 4 is 34.5 Å². The summed E-state index contributed by atoms with van der Waals surface area (Å²) >= 11 is 1.42. The van der Waals surface area contributed by atoms with Crippen LogP contribution < -0.4 is 0 Å². The summed E-state index contributed by atoms with van der Waals surface area (Å²) in [6.45, 7) is 0. The lowest BCUT2D eigenvalue weighted by Gasteiger charge is -2.45. The number of benzene rings is 2. The van der Waals surface area contributed by atoms with Gasteiger partial charge < -0.3 is 9.47 Å². The Morgan fingerprint density at radius 2 is 1.69 bits per heavy atom. The number of carbonyl (C=O) groups excluding carboxylic acids is 2. The van der Waals surface area contributed by atoms with Crippen molar-refractivity contribution in [2.45, 2.75) is 24.3 Å². The molecule has 2 unspecified atom stereocenters. The minimum absolute atomic E-state index is 0.0243. The number of esters is 1. The van der Waals surface area contributed by atoms with Crippen LogP contribution in [0.3, 0.4) is 0 Å². The van der Waals surface area contributed by atoms with Crippen molar-refractivity contribution in [1.29, 1.82) is 0 Å². The molecule has 182 valence electrons. The highest BCUT2D eigenvalue weighted by molar-refractivity contribution is 8.26. The molecule has 0 aromatic heterocycles. The number of carbonyl (C=O) groups is 2. The Balaban J connectivity index is 1.53. The second-order valence-corrected chi connectivity index (χ2v) is 11.1. The van der Waals surface area contributed by atoms with E-state index in [1.54, 1.807) is 5.41 Å². The minimum atomic E-state index is -4.86. The summed E-state index contributed by atoms with van der Waals surface area (Å²) < 4.78 is 49.3. The highest BCUT2D eigenvalue weighted by atomic mass is 32.2. The van der Waals surface area contributed by atoms with E-state index in [1.807, 2.05) is 60.7 Å². The van der Waals surface area contributed by atoms with Crippen LogP contribution in [0.1, 0.15) is 23.7 Å². The third kappa shape index (κ3) is 4.85. The number of thiol groups is 1. The summed E-state index contributed by atoms with van der Waals surface area (Å²) in [6.07, 6.45) is -2.61. The number of halogens is 3. The van der Waals surface area contributed by atoms with E-state index in [0.29, 0.717) is 10.7 Å².